The summed E-state index contributed by atoms with van der Waals surface area (Å²) < 4.78 is 0. The molecule has 2 N–H and O–H groups in total. The van der Waals surface area contributed by atoms with Gasteiger partial charge in [-0.15, -0.1) is 0 Å². The Bertz CT molecular complexity index is 806. The number of carbonyl (C=O) groups excluding carboxylic acids is 1. The van der Waals surface area contributed by atoms with E-state index in [4.69, 9.17) is 0 Å². The van der Waals surface area contributed by atoms with Gasteiger partial charge in [0.15, 0.2) is 0 Å². The molecule has 1 aliphatic heterocycles. The molecule has 0 spiro atoms. The Labute approximate surface area is 142 Å². The van der Waals surface area contributed by atoms with Crippen molar-refractivity contribution in [3.05, 3.63) is 88.6 Å². The summed E-state index contributed by atoms with van der Waals surface area (Å²) in [6, 6.07) is 20.3. The lowest BCUT2D eigenvalue weighted by Gasteiger charge is -2.34. The standard InChI is InChI=1S/C21H20N2O/c24-21-22-19(16-10-5-2-6-11-16)18-13-7-12-17(20(18)23-21)14-15-8-3-1-4-9-15/h1-6,8-11,14,19H,7,12-13H2,(H2,22,23,24)/b17-14+. The monoisotopic (exact) mass is 316 g/mol. The van der Waals surface area contributed by atoms with Crippen molar-refractivity contribution in [1.29, 1.82) is 0 Å². The van der Waals surface area contributed by atoms with E-state index in [1.165, 1.54) is 16.7 Å². The molecule has 1 atom stereocenters. The van der Waals surface area contributed by atoms with Crippen molar-refractivity contribution >= 4 is 12.1 Å². The normalized spacial score (nSPS) is 21.9. The highest BCUT2D eigenvalue weighted by Gasteiger charge is 2.31. The third-order valence-electron chi connectivity index (χ3n) is 4.67. The fraction of sp³-hybridized carbons (Fsp3) is 0.190. The lowest BCUT2D eigenvalue weighted by atomic mass is 9.83. The van der Waals surface area contributed by atoms with E-state index >= 15 is 0 Å². The van der Waals surface area contributed by atoms with E-state index in [1.54, 1.807) is 0 Å². The molecule has 0 bridgehead atoms. The van der Waals surface area contributed by atoms with Gasteiger partial charge >= 0.3 is 6.03 Å². The average Bonchev–Trinajstić information content (AvgIpc) is 2.63. The number of rotatable bonds is 2. The predicted octanol–water partition coefficient (Wildman–Crippen LogP) is 4.56. The Morgan fingerprint density at radius 1 is 0.917 bits per heavy atom. The lowest BCUT2D eigenvalue weighted by Crippen LogP contribution is -2.45. The minimum atomic E-state index is -0.122. The van der Waals surface area contributed by atoms with Crippen LogP contribution in [0.25, 0.3) is 6.08 Å². The molecule has 2 aromatic carbocycles. The molecule has 1 aliphatic carbocycles. The molecule has 2 amide bonds. The van der Waals surface area contributed by atoms with Crippen LogP contribution in [0.3, 0.4) is 0 Å². The third-order valence-corrected chi connectivity index (χ3v) is 4.67. The van der Waals surface area contributed by atoms with Crippen LogP contribution in [-0.4, -0.2) is 6.03 Å². The molecule has 2 aromatic rings. The molecule has 4 rings (SSSR count). The van der Waals surface area contributed by atoms with Crippen molar-refractivity contribution in [3.8, 4) is 0 Å². The molecule has 1 unspecified atom stereocenters. The Morgan fingerprint density at radius 2 is 1.62 bits per heavy atom. The van der Waals surface area contributed by atoms with E-state index < -0.39 is 0 Å². The molecule has 1 heterocycles. The van der Waals surface area contributed by atoms with Crippen LogP contribution in [0.1, 0.15) is 36.4 Å². The second-order valence-electron chi connectivity index (χ2n) is 6.28. The number of carbonyl (C=O) groups is 1. The van der Waals surface area contributed by atoms with E-state index in [-0.39, 0.29) is 12.1 Å². The smallest absolute Gasteiger partial charge is 0.319 e. The number of allylic oxidation sites excluding steroid dienone is 1. The molecule has 3 heteroatoms. The zero-order chi connectivity index (χ0) is 16.4. The van der Waals surface area contributed by atoms with Gasteiger partial charge in [-0.05, 0) is 47.6 Å². The Hall–Kier alpha value is -2.81. The maximum Gasteiger partial charge on any atom is 0.319 e. The van der Waals surface area contributed by atoms with Crippen molar-refractivity contribution in [2.24, 2.45) is 0 Å². The predicted molar refractivity (Wildman–Crippen MR) is 96.1 cm³/mol. The van der Waals surface area contributed by atoms with Gasteiger partial charge in [0.25, 0.3) is 0 Å². The number of nitrogens with one attached hydrogen (secondary N) is 2. The van der Waals surface area contributed by atoms with Crippen LogP contribution in [-0.2, 0) is 0 Å². The van der Waals surface area contributed by atoms with Crippen molar-refractivity contribution in [3.63, 3.8) is 0 Å². The first kappa shape index (κ1) is 14.8. The van der Waals surface area contributed by atoms with Gasteiger partial charge in [-0.2, -0.15) is 0 Å². The zero-order valence-electron chi connectivity index (χ0n) is 13.5. The molecular formula is C21H20N2O. The van der Waals surface area contributed by atoms with E-state index in [2.05, 4.69) is 41.0 Å². The first-order valence-electron chi connectivity index (χ1n) is 8.43. The summed E-state index contributed by atoms with van der Waals surface area (Å²) in [4.78, 5) is 12.2. The number of hydrogen-bond donors (Lipinski definition) is 2. The SMILES string of the molecule is O=C1NC2=C(CCC/C2=C\c2ccccc2)C(c2ccccc2)N1. The number of urea groups is 1. The molecular weight excluding hydrogens is 296 g/mol. The van der Waals surface area contributed by atoms with Gasteiger partial charge < -0.3 is 10.6 Å². The van der Waals surface area contributed by atoms with E-state index in [1.807, 2.05) is 36.4 Å². The summed E-state index contributed by atoms with van der Waals surface area (Å²) in [6.45, 7) is 0. The quantitative estimate of drug-likeness (QED) is 0.837. The molecule has 24 heavy (non-hydrogen) atoms. The Kier molecular flexibility index (Phi) is 3.91. The molecule has 3 nitrogen and oxygen atoms in total. The maximum atomic E-state index is 12.2. The minimum absolute atomic E-state index is 0.0329. The lowest BCUT2D eigenvalue weighted by molar-refractivity contribution is 0.238. The van der Waals surface area contributed by atoms with Crippen LogP contribution in [0.5, 0.6) is 0 Å². The number of hydrogen-bond acceptors (Lipinski definition) is 1. The topological polar surface area (TPSA) is 41.1 Å². The van der Waals surface area contributed by atoms with Gasteiger partial charge in [0, 0.05) is 5.70 Å². The second-order valence-corrected chi connectivity index (χ2v) is 6.28. The van der Waals surface area contributed by atoms with Crippen LogP contribution >= 0.6 is 0 Å². The van der Waals surface area contributed by atoms with E-state index in [0.717, 1.165) is 30.5 Å². The summed E-state index contributed by atoms with van der Waals surface area (Å²) in [5.74, 6) is 0. The molecule has 0 saturated carbocycles. The first-order chi connectivity index (χ1) is 11.8. The van der Waals surface area contributed by atoms with Gasteiger partial charge in [-0.1, -0.05) is 60.7 Å². The number of benzene rings is 2. The van der Waals surface area contributed by atoms with Gasteiger partial charge in [0.1, 0.15) is 0 Å². The zero-order valence-corrected chi connectivity index (χ0v) is 13.5. The molecule has 120 valence electrons. The molecule has 0 fully saturated rings. The van der Waals surface area contributed by atoms with Gasteiger partial charge in [0.05, 0.1) is 6.04 Å². The van der Waals surface area contributed by atoms with Crippen LogP contribution in [0.15, 0.2) is 77.5 Å². The van der Waals surface area contributed by atoms with Crippen LogP contribution in [0.2, 0.25) is 0 Å². The fourth-order valence-corrected chi connectivity index (χ4v) is 3.57. The van der Waals surface area contributed by atoms with Gasteiger partial charge in [-0.25, -0.2) is 4.79 Å². The van der Waals surface area contributed by atoms with Gasteiger partial charge in [-0.3, -0.25) is 0 Å². The van der Waals surface area contributed by atoms with Crippen molar-refractivity contribution in [2.75, 3.05) is 0 Å². The molecule has 0 aromatic heterocycles. The average molecular weight is 316 g/mol. The van der Waals surface area contributed by atoms with E-state index in [0.29, 0.717) is 0 Å². The molecule has 2 aliphatic rings. The van der Waals surface area contributed by atoms with Crippen molar-refractivity contribution in [1.82, 2.24) is 10.6 Å². The molecule has 0 saturated heterocycles. The van der Waals surface area contributed by atoms with Crippen molar-refractivity contribution < 1.29 is 4.79 Å². The molecule has 0 radical (unpaired) electrons. The number of amides is 2. The summed E-state index contributed by atoms with van der Waals surface area (Å²) in [5, 5.41) is 6.13. The summed E-state index contributed by atoms with van der Waals surface area (Å²) in [7, 11) is 0. The summed E-state index contributed by atoms with van der Waals surface area (Å²) in [6.07, 6.45) is 5.31. The van der Waals surface area contributed by atoms with Crippen LogP contribution in [0, 0.1) is 0 Å². The Morgan fingerprint density at radius 3 is 2.38 bits per heavy atom. The minimum Gasteiger partial charge on any atom is -0.327 e. The van der Waals surface area contributed by atoms with Gasteiger partial charge in [0.2, 0.25) is 0 Å². The highest BCUT2D eigenvalue weighted by atomic mass is 16.2. The Balaban J connectivity index is 1.77. The third kappa shape index (κ3) is 2.85. The maximum absolute atomic E-state index is 12.2. The largest absolute Gasteiger partial charge is 0.327 e. The highest BCUT2D eigenvalue weighted by Crippen LogP contribution is 2.38. The first-order valence-corrected chi connectivity index (χ1v) is 8.43. The highest BCUT2D eigenvalue weighted by molar-refractivity contribution is 5.81. The fourth-order valence-electron chi connectivity index (χ4n) is 3.57. The van der Waals surface area contributed by atoms with Crippen LogP contribution < -0.4 is 10.6 Å². The van der Waals surface area contributed by atoms with Crippen molar-refractivity contribution in [2.45, 2.75) is 25.3 Å². The summed E-state index contributed by atoms with van der Waals surface area (Å²) in [5.41, 5.74) is 5.83. The second kappa shape index (κ2) is 6.36. The van der Waals surface area contributed by atoms with E-state index in [9.17, 15) is 4.79 Å². The van der Waals surface area contributed by atoms with Crippen LogP contribution in [0.4, 0.5) is 4.79 Å². The summed E-state index contributed by atoms with van der Waals surface area (Å²) >= 11 is 0.